The number of fused-ring (bicyclic) bond motifs is 9. The first kappa shape index (κ1) is 49.0. The molecular formula is C78H47N7. The van der Waals surface area contributed by atoms with Gasteiger partial charge in [0.15, 0.2) is 5.82 Å². The van der Waals surface area contributed by atoms with Gasteiger partial charge in [0, 0.05) is 71.5 Å². The summed E-state index contributed by atoms with van der Waals surface area (Å²) in [5.74, 6) is 0.598. The van der Waals surface area contributed by atoms with Crippen molar-refractivity contribution < 1.29 is 0 Å². The van der Waals surface area contributed by atoms with Crippen LogP contribution in [-0.2, 0) is 0 Å². The number of nitriles is 2. The number of hydrogen-bond acceptors (Lipinski definition) is 4. The number of nitrogens with zero attached hydrogens (tertiary/aromatic N) is 7. The van der Waals surface area contributed by atoms with Crippen LogP contribution in [0.3, 0.4) is 0 Å². The van der Waals surface area contributed by atoms with Crippen LogP contribution in [0.5, 0.6) is 0 Å². The Balaban J connectivity index is 0.994. The van der Waals surface area contributed by atoms with Crippen molar-refractivity contribution in [3.63, 3.8) is 0 Å². The molecule has 0 bridgehead atoms. The van der Waals surface area contributed by atoms with Crippen LogP contribution < -0.4 is 0 Å². The van der Waals surface area contributed by atoms with E-state index in [2.05, 4.69) is 281 Å². The molecule has 16 aromatic rings. The standard InChI is InChI=1S/C78H47N7/c79-48-50-41-51(49-80)43-57(42-50)56-35-40-76-68(44-56)65-25-11-16-30-75(65)85(76)77-66(52-31-36-59(37-32-52)83-71-26-12-7-21-61(71)62-22-8-13-27-72(62)83)45-58(78-81-69(54-17-3-1-4-18-54)47-70(82-78)55-19-5-2-6-20-55)46-67(77)53-33-38-60(39-34-53)84-73-28-14-9-23-63(73)64-24-10-15-29-74(64)84/h1-47H. The van der Waals surface area contributed by atoms with Gasteiger partial charge in [-0.1, -0.05) is 182 Å². The van der Waals surface area contributed by atoms with E-state index in [0.29, 0.717) is 17.0 Å². The highest BCUT2D eigenvalue weighted by atomic mass is 15.0. The summed E-state index contributed by atoms with van der Waals surface area (Å²) in [6.45, 7) is 0. The predicted octanol–water partition coefficient (Wildman–Crippen LogP) is 19.5. The fourth-order valence-corrected chi connectivity index (χ4v) is 12.8. The summed E-state index contributed by atoms with van der Waals surface area (Å²) in [5, 5.41) is 27.0. The Morgan fingerprint density at radius 2 is 0.624 bits per heavy atom. The average Bonchev–Trinajstić information content (AvgIpc) is 2.30. The van der Waals surface area contributed by atoms with Gasteiger partial charge in [-0.15, -0.1) is 0 Å². The van der Waals surface area contributed by atoms with E-state index in [1.54, 1.807) is 6.07 Å². The Labute approximate surface area is 489 Å². The largest absolute Gasteiger partial charge is 0.309 e. The van der Waals surface area contributed by atoms with Gasteiger partial charge < -0.3 is 13.7 Å². The normalized spacial score (nSPS) is 11.5. The molecule has 0 saturated carbocycles. The van der Waals surface area contributed by atoms with Crippen LogP contribution in [0.15, 0.2) is 285 Å². The molecule has 4 heterocycles. The highest BCUT2D eigenvalue weighted by molar-refractivity contribution is 6.13. The molecule has 0 spiro atoms. The van der Waals surface area contributed by atoms with Gasteiger partial charge in [-0.05, 0) is 125 Å². The lowest BCUT2D eigenvalue weighted by Crippen LogP contribution is -2.03. The van der Waals surface area contributed by atoms with E-state index in [-0.39, 0.29) is 0 Å². The molecule has 0 unspecified atom stereocenters. The van der Waals surface area contributed by atoms with Crippen molar-refractivity contribution in [3.8, 4) is 96.5 Å². The second-order valence-corrected chi connectivity index (χ2v) is 21.6. The van der Waals surface area contributed by atoms with E-state index in [9.17, 15) is 10.5 Å². The third-order valence-electron chi connectivity index (χ3n) is 16.7. The molecule has 7 heteroatoms. The molecule has 0 fully saturated rings. The first-order valence-electron chi connectivity index (χ1n) is 28.4. The molecule has 0 radical (unpaired) electrons. The van der Waals surface area contributed by atoms with Crippen LogP contribution in [0.2, 0.25) is 0 Å². The quantitative estimate of drug-likeness (QED) is 0.144. The van der Waals surface area contributed by atoms with Crippen molar-refractivity contribution in [1.82, 2.24) is 23.7 Å². The van der Waals surface area contributed by atoms with Crippen molar-refractivity contribution in [2.45, 2.75) is 0 Å². The van der Waals surface area contributed by atoms with E-state index in [4.69, 9.17) is 9.97 Å². The van der Waals surface area contributed by atoms with E-state index in [1.165, 1.54) is 21.5 Å². The summed E-state index contributed by atoms with van der Waals surface area (Å²) < 4.78 is 7.15. The maximum absolute atomic E-state index is 10.1. The molecule has 4 aromatic heterocycles. The summed E-state index contributed by atoms with van der Waals surface area (Å²) in [6.07, 6.45) is 0. The van der Waals surface area contributed by atoms with Crippen LogP contribution in [0.1, 0.15) is 11.1 Å². The molecule has 0 aliphatic rings. The van der Waals surface area contributed by atoms with Gasteiger partial charge in [0.25, 0.3) is 0 Å². The minimum absolute atomic E-state index is 0.438. The molecule has 0 aliphatic carbocycles. The second-order valence-electron chi connectivity index (χ2n) is 21.6. The summed E-state index contributed by atoms with van der Waals surface area (Å²) in [7, 11) is 0. The summed E-state index contributed by atoms with van der Waals surface area (Å²) >= 11 is 0. The number of hydrogen-bond donors (Lipinski definition) is 0. The lowest BCUT2D eigenvalue weighted by atomic mass is 9.92. The third kappa shape index (κ3) is 8.18. The van der Waals surface area contributed by atoms with Crippen molar-refractivity contribution in [2.24, 2.45) is 0 Å². The maximum atomic E-state index is 10.1. The Hall–Kier alpha value is -11.9. The molecule has 0 aliphatic heterocycles. The first-order chi connectivity index (χ1) is 42.0. The van der Waals surface area contributed by atoms with Crippen LogP contribution in [0, 0.1) is 22.7 Å². The predicted molar refractivity (Wildman–Crippen MR) is 347 cm³/mol. The Morgan fingerprint density at radius 3 is 1.05 bits per heavy atom. The third-order valence-corrected chi connectivity index (χ3v) is 16.7. The zero-order chi connectivity index (χ0) is 56.5. The molecule has 85 heavy (non-hydrogen) atoms. The molecule has 7 nitrogen and oxygen atoms in total. The van der Waals surface area contributed by atoms with Crippen LogP contribution in [0.4, 0.5) is 0 Å². The molecule has 0 atom stereocenters. The van der Waals surface area contributed by atoms with E-state index >= 15 is 0 Å². The fraction of sp³-hybridized carbons (Fsp3) is 0. The summed E-state index contributed by atoms with van der Waals surface area (Å²) in [5.41, 5.74) is 20.7. The fourth-order valence-electron chi connectivity index (χ4n) is 12.8. The highest BCUT2D eigenvalue weighted by Gasteiger charge is 2.25. The van der Waals surface area contributed by atoms with Crippen LogP contribution >= 0.6 is 0 Å². The van der Waals surface area contributed by atoms with Crippen molar-refractivity contribution in [2.75, 3.05) is 0 Å². The van der Waals surface area contributed by atoms with Crippen LogP contribution in [0.25, 0.3) is 150 Å². The SMILES string of the molecule is N#Cc1cc(C#N)cc(-c2ccc3c(c2)c2ccccc2n3-c2c(-c3ccc(-n4c5ccccc5c5ccccc54)cc3)cc(-c3nc(-c4ccccc4)cc(-c4ccccc4)n3)cc2-c2ccc(-n3c4ccccc4c4ccccc43)cc2)c1. The van der Waals surface area contributed by atoms with Gasteiger partial charge >= 0.3 is 0 Å². The first-order valence-corrected chi connectivity index (χ1v) is 28.4. The van der Waals surface area contributed by atoms with Gasteiger partial charge in [-0.25, -0.2) is 9.97 Å². The van der Waals surface area contributed by atoms with Gasteiger partial charge in [-0.3, -0.25) is 0 Å². The molecule has 394 valence electrons. The molecule has 0 N–H and O–H groups in total. The van der Waals surface area contributed by atoms with E-state index in [1.807, 2.05) is 24.3 Å². The number of rotatable bonds is 9. The average molecular weight is 1080 g/mol. The zero-order valence-electron chi connectivity index (χ0n) is 45.8. The van der Waals surface area contributed by atoms with Crippen LogP contribution in [-0.4, -0.2) is 23.7 Å². The zero-order valence-corrected chi connectivity index (χ0v) is 45.8. The van der Waals surface area contributed by atoms with Crippen molar-refractivity contribution in [3.05, 3.63) is 296 Å². The summed E-state index contributed by atoms with van der Waals surface area (Å²) in [4.78, 5) is 10.9. The van der Waals surface area contributed by atoms with E-state index < -0.39 is 0 Å². The van der Waals surface area contributed by atoms with Gasteiger partial charge in [0.2, 0.25) is 0 Å². The number of para-hydroxylation sites is 5. The van der Waals surface area contributed by atoms with Crippen molar-refractivity contribution in [1.29, 1.82) is 10.5 Å². The molecule has 16 rings (SSSR count). The highest BCUT2D eigenvalue weighted by Crippen LogP contribution is 2.46. The Morgan fingerprint density at radius 1 is 0.259 bits per heavy atom. The minimum Gasteiger partial charge on any atom is -0.309 e. The lowest BCUT2D eigenvalue weighted by Gasteiger charge is -2.22. The smallest absolute Gasteiger partial charge is 0.160 e. The van der Waals surface area contributed by atoms with Gasteiger partial charge in [0.1, 0.15) is 0 Å². The molecule has 0 saturated heterocycles. The van der Waals surface area contributed by atoms with E-state index in [0.717, 1.165) is 122 Å². The minimum atomic E-state index is 0.438. The van der Waals surface area contributed by atoms with Crippen molar-refractivity contribution >= 4 is 65.4 Å². The number of aromatic nitrogens is 5. The molecular weight excluding hydrogens is 1030 g/mol. The molecule has 12 aromatic carbocycles. The Bertz CT molecular complexity index is 5050. The second kappa shape index (κ2) is 20.0. The number of benzene rings is 12. The summed E-state index contributed by atoms with van der Waals surface area (Å²) in [6, 6.07) is 105. The lowest BCUT2D eigenvalue weighted by molar-refractivity contribution is 1.16. The molecule has 0 amide bonds. The topological polar surface area (TPSA) is 88.2 Å². The monoisotopic (exact) mass is 1080 g/mol. The maximum Gasteiger partial charge on any atom is 0.160 e. The van der Waals surface area contributed by atoms with Gasteiger partial charge in [0.05, 0.1) is 73.4 Å². The van der Waals surface area contributed by atoms with Gasteiger partial charge in [-0.2, -0.15) is 10.5 Å². The Kier molecular flexibility index (Phi) is 11.5.